The minimum absolute atomic E-state index is 0.264. The zero-order valence-corrected chi connectivity index (χ0v) is 14.7. The number of carbonyl (C=O) groups excluding carboxylic acids is 1. The Balaban J connectivity index is 2.06. The second-order valence-electron chi connectivity index (χ2n) is 5.59. The maximum absolute atomic E-state index is 11.9. The summed E-state index contributed by atoms with van der Waals surface area (Å²) in [5.74, 6) is 0.426. The molecule has 2 aromatic rings. The van der Waals surface area contributed by atoms with Gasteiger partial charge in [0, 0.05) is 12.0 Å². The van der Waals surface area contributed by atoms with Crippen molar-refractivity contribution in [2.45, 2.75) is 26.1 Å². The lowest BCUT2D eigenvalue weighted by atomic mass is 10.0. The third-order valence-electron chi connectivity index (χ3n) is 3.78. The highest BCUT2D eigenvalue weighted by molar-refractivity contribution is 5.87. The molecule has 1 unspecified atom stereocenters. The van der Waals surface area contributed by atoms with E-state index in [-0.39, 0.29) is 12.1 Å². The fourth-order valence-corrected chi connectivity index (χ4v) is 2.40. The second kappa shape index (κ2) is 9.64. The average Bonchev–Trinajstić information content (AvgIpc) is 2.66. The fourth-order valence-electron chi connectivity index (χ4n) is 2.40. The Kier molecular flexibility index (Phi) is 7.23. The van der Waals surface area contributed by atoms with Gasteiger partial charge in [-0.25, -0.2) is 4.79 Å². The van der Waals surface area contributed by atoms with Gasteiger partial charge in [0.05, 0.1) is 26.4 Å². The third kappa shape index (κ3) is 5.76. The fraction of sp³-hybridized carbons (Fsp3) is 0.286. The van der Waals surface area contributed by atoms with E-state index in [4.69, 9.17) is 14.2 Å². The summed E-state index contributed by atoms with van der Waals surface area (Å²) in [6.07, 6.45) is 0.124. The minimum atomic E-state index is -0.378. The predicted molar refractivity (Wildman–Crippen MR) is 97.4 cm³/mol. The van der Waals surface area contributed by atoms with E-state index in [0.29, 0.717) is 25.2 Å². The molecule has 0 bridgehead atoms. The molecular formula is C21H24O4. The number of benzene rings is 2. The molecule has 0 amide bonds. The lowest BCUT2D eigenvalue weighted by Gasteiger charge is -2.19. The van der Waals surface area contributed by atoms with Gasteiger partial charge in [-0.2, -0.15) is 0 Å². The first-order valence-corrected chi connectivity index (χ1v) is 8.28. The highest BCUT2D eigenvalue weighted by Gasteiger charge is 2.18. The summed E-state index contributed by atoms with van der Waals surface area (Å²) in [5, 5.41) is 0. The van der Waals surface area contributed by atoms with Crippen molar-refractivity contribution in [3.63, 3.8) is 0 Å². The standard InChI is InChI=1S/C21H24O4/c1-4-24-21(22)16(2)14-20(18-8-6-5-7-9-18)25-15-17-10-12-19(23-3)13-11-17/h5-13,20H,2,4,14-15H2,1,3H3. The highest BCUT2D eigenvalue weighted by Crippen LogP contribution is 2.26. The average molecular weight is 340 g/mol. The normalized spacial score (nSPS) is 11.6. The van der Waals surface area contributed by atoms with Crippen LogP contribution >= 0.6 is 0 Å². The highest BCUT2D eigenvalue weighted by atomic mass is 16.5. The van der Waals surface area contributed by atoms with E-state index >= 15 is 0 Å². The van der Waals surface area contributed by atoms with E-state index in [0.717, 1.165) is 16.9 Å². The molecule has 0 fully saturated rings. The van der Waals surface area contributed by atoms with Crippen LogP contribution in [-0.4, -0.2) is 19.7 Å². The van der Waals surface area contributed by atoms with Crippen LogP contribution in [0, 0.1) is 0 Å². The van der Waals surface area contributed by atoms with Gasteiger partial charge in [0.2, 0.25) is 0 Å². The first-order valence-electron chi connectivity index (χ1n) is 8.28. The summed E-state index contributed by atoms with van der Waals surface area (Å²) in [5.41, 5.74) is 2.44. The van der Waals surface area contributed by atoms with Crippen LogP contribution in [0.5, 0.6) is 5.75 Å². The molecule has 0 heterocycles. The molecule has 4 nitrogen and oxygen atoms in total. The maximum Gasteiger partial charge on any atom is 0.333 e. The molecular weight excluding hydrogens is 316 g/mol. The van der Waals surface area contributed by atoms with Gasteiger partial charge in [-0.1, -0.05) is 49.0 Å². The molecule has 0 N–H and O–H groups in total. The molecule has 4 heteroatoms. The van der Waals surface area contributed by atoms with E-state index in [1.165, 1.54) is 0 Å². The Bertz CT molecular complexity index is 677. The largest absolute Gasteiger partial charge is 0.497 e. The lowest BCUT2D eigenvalue weighted by molar-refractivity contribution is -0.139. The molecule has 1 atom stereocenters. The van der Waals surface area contributed by atoms with Gasteiger partial charge in [0.25, 0.3) is 0 Å². The van der Waals surface area contributed by atoms with Gasteiger partial charge in [-0.05, 0) is 30.2 Å². The Morgan fingerprint density at radius 3 is 2.36 bits per heavy atom. The van der Waals surface area contributed by atoms with Crippen LogP contribution in [0.25, 0.3) is 0 Å². The quantitative estimate of drug-likeness (QED) is 0.499. The monoisotopic (exact) mass is 340 g/mol. The second-order valence-corrected chi connectivity index (χ2v) is 5.59. The van der Waals surface area contributed by atoms with Crippen molar-refractivity contribution in [1.82, 2.24) is 0 Å². The van der Waals surface area contributed by atoms with Crippen molar-refractivity contribution >= 4 is 5.97 Å². The van der Waals surface area contributed by atoms with E-state index in [1.807, 2.05) is 54.6 Å². The van der Waals surface area contributed by atoms with Gasteiger partial charge >= 0.3 is 5.97 Å². The Morgan fingerprint density at radius 2 is 1.76 bits per heavy atom. The topological polar surface area (TPSA) is 44.8 Å². The number of carbonyl (C=O) groups is 1. The number of esters is 1. The van der Waals surface area contributed by atoms with E-state index in [1.54, 1.807) is 14.0 Å². The van der Waals surface area contributed by atoms with Crippen LogP contribution < -0.4 is 4.74 Å². The van der Waals surface area contributed by atoms with E-state index in [2.05, 4.69) is 6.58 Å². The molecule has 0 aliphatic carbocycles. The van der Waals surface area contributed by atoms with Gasteiger partial charge in [0.15, 0.2) is 0 Å². The van der Waals surface area contributed by atoms with Crippen LogP contribution in [0.3, 0.4) is 0 Å². The van der Waals surface area contributed by atoms with Crippen molar-refractivity contribution in [2.24, 2.45) is 0 Å². The van der Waals surface area contributed by atoms with Crippen LogP contribution in [-0.2, 0) is 20.9 Å². The molecule has 132 valence electrons. The molecule has 0 saturated heterocycles. The molecule has 0 aliphatic heterocycles. The number of ether oxygens (including phenoxy) is 3. The van der Waals surface area contributed by atoms with Crippen LogP contribution in [0.2, 0.25) is 0 Å². The third-order valence-corrected chi connectivity index (χ3v) is 3.78. The van der Waals surface area contributed by atoms with Gasteiger partial charge in [-0.15, -0.1) is 0 Å². The summed E-state index contributed by atoms with van der Waals surface area (Å²) in [4.78, 5) is 11.9. The van der Waals surface area contributed by atoms with E-state index < -0.39 is 0 Å². The Morgan fingerprint density at radius 1 is 1.08 bits per heavy atom. The van der Waals surface area contributed by atoms with Crippen LogP contribution in [0.1, 0.15) is 30.6 Å². The molecule has 0 aromatic heterocycles. The van der Waals surface area contributed by atoms with Crippen molar-refractivity contribution in [2.75, 3.05) is 13.7 Å². The summed E-state index contributed by atoms with van der Waals surface area (Å²) >= 11 is 0. The van der Waals surface area contributed by atoms with Crippen molar-refractivity contribution in [1.29, 1.82) is 0 Å². The van der Waals surface area contributed by atoms with Crippen LogP contribution in [0.4, 0.5) is 0 Å². The maximum atomic E-state index is 11.9. The van der Waals surface area contributed by atoms with Crippen molar-refractivity contribution < 1.29 is 19.0 Å². The molecule has 2 aromatic carbocycles. The molecule has 0 aliphatic rings. The number of rotatable bonds is 9. The molecule has 0 saturated carbocycles. The summed E-state index contributed by atoms with van der Waals surface area (Å²) in [6.45, 7) is 6.39. The number of hydrogen-bond donors (Lipinski definition) is 0. The molecule has 0 spiro atoms. The van der Waals surface area contributed by atoms with Gasteiger partial charge in [0.1, 0.15) is 5.75 Å². The van der Waals surface area contributed by atoms with Crippen molar-refractivity contribution in [3.05, 3.63) is 77.9 Å². The first-order chi connectivity index (χ1) is 12.1. The number of methoxy groups -OCH3 is 1. The van der Waals surface area contributed by atoms with Gasteiger partial charge < -0.3 is 14.2 Å². The summed E-state index contributed by atoms with van der Waals surface area (Å²) in [7, 11) is 1.64. The summed E-state index contributed by atoms with van der Waals surface area (Å²) in [6, 6.07) is 17.5. The zero-order chi connectivity index (χ0) is 18.1. The Hall–Kier alpha value is -2.59. The van der Waals surface area contributed by atoms with Crippen LogP contribution in [0.15, 0.2) is 66.7 Å². The van der Waals surface area contributed by atoms with Crippen molar-refractivity contribution in [3.8, 4) is 5.75 Å². The molecule has 0 radical (unpaired) electrons. The zero-order valence-electron chi connectivity index (χ0n) is 14.7. The Labute approximate surface area is 149 Å². The predicted octanol–water partition coefficient (Wildman–Crippen LogP) is 4.46. The minimum Gasteiger partial charge on any atom is -0.497 e. The molecule has 2 rings (SSSR count). The first kappa shape index (κ1) is 18.7. The summed E-state index contributed by atoms with van der Waals surface area (Å²) < 4.78 is 16.3. The lowest BCUT2D eigenvalue weighted by Crippen LogP contribution is -2.12. The molecule has 25 heavy (non-hydrogen) atoms. The number of hydrogen-bond acceptors (Lipinski definition) is 4. The smallest absolute Gasteiger partial charge is 0.333 e. The van der Waals surface area contributed by atoms with E-state index in [9.17, 15) is 4.79 Å². The SMILES string of the molecule is C=C(CC(OCc1ccc(OC)cc1)c1ccccc1)C(=O)OCC. The van der Waals surface area contributed by atoms with Gasteiger partial charge in [-0.3, -0.25) is 0 Å².